The number of carbonyl (C=O) groups excluding carboxylic acids is 1. The first-order valence-electron chi connectivity index (χ1n) is 5.96. The van der Waals surface area contributed by atoms with E-state index >= 15 is 0 Å². The van der Waals surface area contributed by atoms with Crippen LogP contribution in [0.5, 0.6) is 0 Å². The van der Waals surface area contributed by atoms with Gasteiger partial charge in [0, 0.05) is 6.04 Å². The van der Waals surface area contributed by atoms with E-state index in [1.54, 1.807) is 0 Å². The van der Waals surface area contributed by atoms with E-state index in [2.05, 4.69) is 6.92 Å². The normalized spacial score (nSPS) is 30.7. The van der Waals surface area contributed by atoms with E-state index in [4.69, 9.17) is 10.5 Å². The van der Waals surface area contributed by atoms with E-state index in [1.165, 1.54) is 12.8 Å². The minimum atomic E-state index is -0.192. The topological polar surface area (TPSA) is 52.3 Å². The van der Waals surface area contributed by atoms with Crippen LogP contribution in [-0.2, 0) is 9.53 Å². The second-order valence-corrected chi connectivity index (χ2v) is 4.98. The maximum absolute atomic E-state index is 11.7. The van der Waals surface area contributed by atoms with Gasteiger partial charge >= 0.3 is 5.97 Å². The molecule has 4 unspecified atom stereocenters. The van der Waals surface area contributed by atoms with E-state index in [9.17, 15) is 4.79 Å². The zero-order valence-electron chi connectivity index (χ0n) is 10.0. The third kappa shape index (κ3) is 3.82. The van der Waals surface area contributed by atoms with Crippen molar-refractivity contribution in [3.8, 4) is 0 Å². The van der Waals surface area contributed by atoms with Crippen LogP contribution in [0.25, 0.3) is 0 Å². The second kappa shape index (κ2) is 5.50. The van der Waals surface area contributed by atoms with Gasteiger partial charge in [-0.1, -0.05) is 20.3 Å². The lowest BCUT2D eigenvalue weighted by molar-refractivity contribution is -0.156. The Morgan fingerprint density at radius 1 is 1.40 bits per heavy atom. The van der Waals surface area contributed by atoms with Gasteiger partial charge in [-0.2, -0.15) is 0 Å². The van der Waals surface area contributed by atoms with Crippen molar-refractivity contribution in [3.05, 3.63) is 0 Å². The van der Waals surface area contributed by atoms with Crippen molar-refractivity contribution in [1.82, 2.24) is 0 Å². The smallest absolute Gasteiger partial charge is 0.310 e. The molecule has 1 saturated carbocycles. The highest BCUT2D eigenvalue weighted by molar-refractivity contribution is 5.72. The molecule has 0 saturated heterocycles. The highest BCUT2D eigenvalue weighted by Gasteiger charge is 2.25. The minimum absolute atomic E-state index is 0.126. The molecular weight excluding hydrogens is 190 g/mol. The van der Waals surface area contributed by atoms with Gasteiger partial charge in [-0.3, -0.25) is 4.79 Å². The fraction of sp³-hybridized carbons (Fsp3) is 0.917. The number of ether oxygens (including phenoxy) is 1. The molecule has 0 amide bonds. The number of esters is 1. The first-order chi connectivity index (χ1) is 7.00. The van der Waals surface area contributed by atoms with Crippen molar-refractivity contribution in [3.63, 3.8) is 0 Å². The van der Waals surface area contributed by atoms with Crippen molar-refractivity contribution in [1.29, 1.82) is 0 Å². The fourth-order valence-corrected chi connectivity index (χ4v) is 1.97. The number of hydrogen-bond acceptors (Lipinski definition) is 3. The van der Waals surface area contributed by atoms with Crippen LogP contribution in [0.3, 0.4) is 0 Å². The summed E-state index contributed by atoms with van der Waals surface area (Å²) in [7, 11) is 0. The number of rotatable bonds is 3. The summed E-state index contributed by atoms with van der Waals surface area (Å²) in [5.41, 5.74) is 5.67. The van der Waals surface area contributed by atoms with Gasteiger partial charge in [0.15, 0.2) is 0 Å². The lowest BCUT2D eigenvalue weighted by Gasteiger charge is -2.28. The van der Waals surface area contributed by atoms with E-state index in [1.807, 2.05) is 13.8 Å². The Morgan fingerprint density at radius 2 is 2.07 bits per heavy atom. The average molecular weight is 213 g/mol. The van der Waals surface area contributed by atoms with Crippen molar-refractivity contribution < 1.29 is 9.53 Å². The Balaban J connectivity index is 2.37. The second-order valence-electron chi connectivity index (χ2n) is 4.98. The zero-order chi connectivity index (χ0) is 11.4. The molecule has 1 aliphatic rings. The molecule has 0 aromatic carbocycles. The van der Waals surface area contributed by atoms with Gasteiger partial charge in [0.2, 0.25) is 0 Å². The first kappa shape index (κ1) is 12.5. The Morgan fingerprint density at radius 3 is 2.60 bits per heavy atom. The quantitative estimate of drug-likeness (QED) is 0.730. The van der Waals surface area contributed by atoms with Crippen LogP contribution < -0.4 is 5.73 Å². The van der Waals surface area contributed by atoms with Crippen LogP contribution in [0.4, 0.5) is 0 Å². The van der Waals surface area contributed by atoms with Gasteiger partial charge in [0.1, 0.15) is 6.10 Å². The number of hydrogen-bond donors (Lipinski definition) is 1. The lowest BCUT2D eigenvalue weighted by atomic mass is 9.88. The molecule has 88 valence electrons. The highest BCUT2D eigenvalue weighted by Crippen LogP contribution is 2.26. The molecule has 0 aromatic rings. The first-order valence-corrected chi connectivity index (χ1v) is 5.96. The van der Waals surface area contributed by atoms with Crippen LogP contribution in [-0.4, -0.2) is 18.1 Å². The number of nitrogens with two attached hydrogens (primary N) is 1. The molecule has 1 aliphatic carbocycles. The molecule has 0 bridgehead atoms. The SMILES string of the molecule is CC1CCCC(OC(=O)C(C)C(C)N)C1. The summed E-state index contributed by atoms with van der Waals surface area (Å²) in [6, 6.07) is -0.126. The molecular formula is C12H23NO2. The van der Waals surface area contributed by atoms with E-state index < -0.39 is 0 Å². The molecule has 0 aliphatic heterocycles. The monoisotopic (exact) mass is 213 g/mol. The summed E-state index contributed by atoms with van der Waals surface area (Å²) in [5.74, 6) is 0.355. The van der Waals surface area contributed by atoms with E-state index in [0.29, 0.717) is 5.92 Å². The predicted octanol–water partition coefficient (Wildman–Crippen LogP) is 2.09. The molecule has 4 atom stereocenters. The number of carbonyl (C=O) groups is 1. The van der Waals surface area contributed by atoms with Gasteiger partial charge in [-0.15, -0.1) is 0 Å². The molecule has 0 spiro atoms. The summed E-state index contributed by atoms with van der Waals surface area (Å²) in [6.07, 6.45) is 4.59. The largest absolute Gasteiger partial charge is 0.462 e. The minimum Gasteiger partial charge on any atom is -0.462 e. The summed E-state index contributed by atoms with van der Waals surface area (Å²) >= 11 is 0. The van der Waals surface area contributed by atoms with Crippen LogP contribution in [0.15, 0.2) is 0 Å². The van der Waals surface area contributed by atoms with Gasteiger partial charge < -0.3 is 10.5 Å². The Hall–Kier alpha value is -0.570. The molecule has 0 heterocycles. The highest BCUT2D eigenvalue weighted by atomic mass is 16.5. The Bertz CT molecular complexity index is 216. The molecule has 1 rings (SSSR count). The molecule has 3 nitrogen and oxygen atoms in total. The maximum Gasteiger partial charge on any atom is 0.310 e. The predicted molar refractivity (Wildman–Crippen MR) is 60.3 cm³/mol. The maximum atomic E-state index is 11.7. The van der Waals surface area contributed by atoms with Crippen LogP contribution in [0.2, 0.25) is 0 Å². The summed E-state index contributed by atoms with van der Waals surface area (Å²) < 4.78 is 5.47. The molecule has 15 heavy (non-hydrogen) atoms. The Labute approximate surface area is 92.4 Å². The van der Waals surface area contributed by atoms with Gasteiger partial charge in [-0.25, -0.2) is 0 Å². The van der Waals surface area contributed by atoms with E-state index in [0.717, 1.165) is 12.8 Å². The lowest BCUT2D eigenvalue weighted by Crippen LogP contribution is -2.35. The summed E-state index contributed by atoms with van der Waals surface area (Å²) in [5, 5.41) is 0. The van der Waals surface area contributed by atoms with Crippen LogP contribution in [0, 0.1) is 11.8 Å². The van der Waals surface area contributed by atoms with Gasteiger partial charge in [0.25, 0.3) is 0 Å². The third-order valence-corrected chi connectivity index (χ3v) is 3.33. The molecule has 1 fully saturated rings. The van der Waals surface area contributed by atoms with Crippen molar-refractivity contribution in [2.75, 3.05) is 0 Å². The molecule has 2 N–H and O–H groups in total. The van der Waals surface area contributed by atoms with Crippen molar-refractivity contribution in [2.45, 2.75) is 58.6 Å². The third-order valence-electron chi connectivity index (χ3n) is 3.33. The van der Waals surface area contributed by atoms with E-state index in [-0.39, 0.29) is 24.0 Å². The Kier molecular flexibility index (Phi) is 4.58. The van der Waals surface area contributed by atoms with Crippen LogP contribution >= 0.6 is 0 Å². The van der Waals surface area contributed by atoms with Gasteiger partial charge in [0.05, 0.1) is 5.92 Å². The molecule has 3 heteroatoms. The zero-order valence-corrected chi connectivity index (χ0v) is 10.0. The average Bonchev–Trinajstić information content (AvgIpc) is 2.16. The summed E-state index contributed by atoms with van der Waals surface area (Å²) in [6.45, 7) is 5.89. The van der Waals surface area contributed by atoms with Crippen molar-refractivity contribution in [2.24, 2.45) is 17.6 Å². The van der Waals surface area contributed by atoms with Crippen molar-refractivity contribution >= 4 is 5.97 Å². The van der Waals surface area contributed by atoms with Gasteiger partial charge in [-0.05, 0) is 32.1 Å². The standard InChI is InChI=1S/C12H23NO2/c1-8-5-4-6-11(7-8)15-12(14)9(2)10(3)13/h8-11H,4-7,13H2,1-3H3. The molecule has 0 radical (unpaired) electrons. The van der Waals surface area contributed by atoms with Crippen LogP contribution in [0.1, 0.15) is 46.5 Å². The molecule has 0 aromatic heterocycles. The summed E-state index contributed by atoms with van der Waals surface area (Å²) in [4.78, 5) is 11.7. The fourth-order valence-electron chi connectivity index (χ4n) is 1.97.